The van der Waals surface area contributed by atoms with E-state index in [4.69, 9.17) is 4.74 Å². The molecule has 138 valence electrons. The third-order valence-corrected chi connectivity index (χ3v) is 4.43. The van der Waals surface area contributed by atoms with E-state index < -0.39 is 23.3 Å². The Morgan fingerprint density at radius 2 is 1.88 bits per heavy atom. The molecule has 0 radical (unpaired) electrons. The van der Waals surface area contributed by atoms with E-state index in [1.165, 1.54) is 6.92 Å². The number of amidine groups is 1. The summed E-state index contributed by atoms with van der Waals surface area (Å²) in [6, 6.07) is 0. The molecule has 0 aromatic carbocycles. The first-order valence-electron chi connectivity index (χ1n) is 8.67. The molecule has 1 amide bonds. The summed E-state index contributed by atoms with van der Waals surface area (Å²) in [6.07, 6.45) is 1.72. The Kier molecular flexibility index (Phi) is 6.93. The molecule has 24 heavy (non-hydrogen) atoms. The van der Waals surface area contributed by atoms with Crippen molar-refractivity contribution >= 4 is 17.6 Å². The largest absolute Gasteiger partial charge is 0.443 e. The molecule has 6 heteroatoms. The molecule has 1 unspecified atom stereocenters. The maximum absolute atomic E-state index is 14.1. The molecule has 0 bridgehead atoms. The molecule has 0 aromatic heterocycles. The fourth-order valence-electron chi connectivity index (χ4n) is 3.29. The maximum atomic E-state index is 14.1. The molecule has 1 atom stereocenters. The molecule has 1 saturated carbocycles. The molecule has 0 heterocycles. The molecular weight excluding hydrogens is 309 g/mol. The number of aliphatic imine (C=N–C) groups is 2. The number of amides is 1. The normalized spacial score (nSPS) is 19.5. The van der Waals surface area contributed by atoms with E-state index in [0.29, 0.717) is 24.5 Å². The van der Waals surface area contributed by atoms with Gasteiger partial charge in [-0.1, -0.05) is 13.3 Å². The number of halogens is 1. The van der Waals surface area contributed by atoms with E-state index in [1.807, 2.05) is 27.7 Å². The first kappa shape index (κ1) is 20.6. The second-order valence-corrected chi connectivity index (χ2v) is 7.42. The van der Waals surface area contributed by atoms with Gasteiger partial charge < -0.3 is 4.74 Å². The van der Waals surface area contributed by atoms with E-state index in [-0.39, 0.29) is 0 Å². The van der Waals surface area contributed by atoms with Crippen LogP contribution in [0.4, 0.5) is 9.18 Å². The Labute approximate surface area is 145 Å². The van der Waals surface area contributed by atoms with E-state index in [2.05, 4.69) is 9.98 Å². The quantitative estimate of drug-likeness (QED) is 0.554. The van der Waals surface area contributed by atoms with Crippen LogP contribution in [0.2, 0.25) is 0 Å². The number of hydrogen-bond donors (Lipinski definition) is 0. The number of hydrogen-bond acceptors (Lipinski definition) is 4. The van der Waals surface area contributed by atoms with E-state index >= 15 is 0 Å². The molecule has 1 aliphatic rings. The highest BCUT2D eigenvalue weighted by Crippen LogP contribution is 2.44. The van der Waals surface area contributed by atoms with Gasteiger partial charge in [-0.25, -0.2) is 9.18 Å². The average molecular weight is 341 g/mol. The van der Waals surface area contributed by atoms with E-state index in [9.17, 15) is 9.18 Å². The Bertz CT molecular complexity index is 503. The minimum Gasteiger partial charge on any atom is -0.443 e. The molecule has 1 aliphatic carbocycles. The second kappa shape index (κ2) is 8.08. The third kappa shape index (κ3) is 4.77. The van der Waals surface area contributed by atoms with Gasteiger partial charge in [-0.3, -0.25) is 14.9 Å². The molecule has 0 spiro atoms. The Balaban J connectivity index is 3.14. The summed E-state index contributed by atoms with van der Waals surface area (Å²) in [6.45, 7) is 9.32. The van der Waals surface area contributed by atoms with Crippen LogP contribution in [-0.2, 0) is 4.74 Å². The number of alkyl halides is 1. The lowest BCUT2D eigenvalue weighted by Crippen LogP contribution is -2.54. The van der Waals surface area contributed by atoms with Crippen LogP contribution in [-0.4, -0.2) is 55.0 Å². The van der Waals surface area contributed by atoms with Crippen molar-refractivity contribution in [3.05, 3.63) is 0 Å². The molecular formula is C18H32FN3O2. The molecule has 0 N–H and O–H groups in total. The van der Waals surface area contributed by atoms with E-state index in [0.717, 1.165) is 19.3 Å². The molecule has 1 rings (SSSR count). The number of rotatable bonds is 5. The van der Waals surface area contributed by atoms with Crippen molar-refractivity contribution in [1.29, 1.82) is 0 Å². The minimum absolute atomic E-state index is 0.364. The van der Waals surface area contributed by atoms with Crippen molar-refractivity contribution in [1.82, 2.24) is 4.90 Å². The number of ether oxygens (including phenoxy) is 1. The fraction of sp³-hybridized carbons (Fsp3) is 0.833. The zero-order chi connectivity index (χ0) is 18.5. The SMILES string of the molecule is CCC(=NC)N(CC1(C(=NC)C(C)F)CCC1)C(=O)OC(C)(C)C. The van der Waals surface area contributed by atoms with Crippen LogP contribution >= 0.6 is 0 Å². The summed E-state index contributed by atoms with van der Waals surface area (Å²) in [4.78, 5) is 22.7. The van der Waals surface area contributed by atoms with Crippen molar-refractivity contribution in [2.75, 3.05) is 20.6 Å². The number of nitrogens with zero attached hydrogens (tertiary/aromatic N) is 3. The summed E-state index contributed by atoms with van der Waals surface area (Å²) < 4.78 is 19.6. The highest BCUT2D eigenvalue weighted by molar-refractivity contribution is 5.98. The topological polar surface area (TPSA) is 54.3 Å². The van der Waals surface area contributed by atoms with Crippen LogP contribution in [0.25, 0.3) is 0 Å². The molecule has 1 fully saturated rings. The number of carbonyl (C=O) groups is 1. The van der Waals surface area contributed by atoms with Crippen molar-refractivity contribution in [2.24, 2.45) is 15.4 Å². The predicted molar refractivity (Wildman–Crippen MR) is 96.8 cm³/mol. The van der Waals surface area contributed by atoms with Crippen molar-refractivity contribution < 1.29 is 13.9 Å². The van der Waals surface area contributed by atoms with Gasteiger partial charge >= 0.3 is 6.09 Å². The molecule has 5 nitrogen and oxygen atoms in total. The van der Waals surface area contributed by atoms with Gasteiger partial charge in [0, 0.05) is 32.5 Å². The maximum Gasteiger partial charge on any atom is 0.415 e. The highest BCUT2D eigenvalue weighted by Gasteiger charge is 2.46. The molecule has 0 aliphatic heterocycles. The van der Waals surface area contributed by atoms with Crippen LogP contribution in [0, 0.1) is 5.41 Å². The lowest BCUT2D eigenvalue weighted by atomic mass is 9.64. The van der Waals surface area contributed by atoms with Gasteiger partial charge in [0.25, 0.3) is 0 Å². The lowest BCUT2D eigenvalue weighted by molar-refractivity contribution is 0.0289. The average Bonchev–Trinajstić information content (AvgIpc) is 2.42. The van der Waals surface area contributed by atoms with Gasteiger partial charge in [-0.05, 0) is 40.5 Å². The monoisotopic (exact) mass is 341 g/mol. The van der Waals surface area contributed by atoms with Gasteiger partial charge in [0.2, 0.25) is 0 Å². The Morgan fingerprint density at radius 1 is 1.29 bits per heavy atom. The van der Waals surface area contributed by atoms with Gasteiger partial charge in [-0.15, -0.1) is 0 Å². The molecule has 0 saturated heterocycles. The Morgan fingerprint density at radius 3 is 2.17 bits per heavy atom. The fourth-order valence-corrected chi connectivity index (χ4v) is 3.29. The van der Waals surface area contributed by atoms with Gasteiger partial charge in [0.05, 0.1) is 5.71 Å². The van der Waals surface area contributed by atoms with Gasteiger partial charge in [0.15, 0.2) is 0 Å². The third-order valence-electron chi connectivity index (χ3n) is 4.43. The minimum atomic E-state index is -1.13. The van der Waals surface area contributed by atoms with Crippen LogP contribution in [0.3, 0.4) is 0 Å². The van der Waals surface area contributed by atoms with Crippen molar-refractivity contribution in [3.8, 4) is 0 Å². The highest BCUT2D eigenvalue weighted by atomic mass is 19.1. The zero-order valence-electron chi connectivity index (χ0n) is 16.1. The lowest BCUT2D eigenvalue weighted by Gasteiger charge is -2.46. The van der Waals surface area contributed by atoms with Crippen LogP contribution in [0.15, 0.2) is 9.98 Å². The summed E-state index contributed by atoms with van der Waals surface area (Å²) in [5.41, 5.74) is -0.469. The van der Waals surface area contributed by atoms with Crippen molar-refractivity contribution in [3.63, 3.8) is 0 Å². The smallest absolute Gasteiger partial charge is 0.415 e. The first-order chi connectivity index (χ1) is 11.1. The van der Waals surface area contributed by atoms with E-state index in [1.54, 1.807) is 19.0 Å². The summed E-state index contributed by atoms with van der Waals surface area (Å²) in [7, 11) is 3.29. The predicted octanol–water partition coefficient (Wildman–Crippen LogP) is 4.26. The molecule has 0 aromatic rings. The van der Waals surface area contributed by atoms with Crippen LogP contribution in [0.5, 0.6) is 0 Å². The Hall–Kier alpha value is -1.46. The standard InChI is InChI=1S/C18H32FN3O2/c1-8-14(20-6)22(16(23)24-17(3,4)5)12-18(10-9-11-18)15(21-7)13(2)19/h13H,8-12H2,1-7H3. The van der Waals surface area contributed by atoms with Crippen LogP contribution in [0.1, 0.15) is 60.3 Å². The first-order valence-corrected chi connectivity index (χ1v) is 8.67. The summed E-state index contributed by atoms with van der Waals surface area (Å²) in [5, 5.41) is 0. The van der Waals surface area contributed by atoms with Gasteiger partial charge in [0.1, 0.15) is 17.6 Å². The van der Waals surface area contributed by atoms with Gasteiger partial charge in [-0.2, -0.15) is 0 Å². The summed E-state index contributed by atoms with van der Waals surface area (Å²) >= 11 is 0. The zero-order valence-corrected chi connectivity index (χ0v) is 16.1. The van der Waals surface area contributed by atoms with Crippen molar-refractivity contribution in [2.45, 2.75) is 72.1 Å². The summed E-state index contributed by atoms with van der Waals surface area (Å²) in [5.74, 6) is 0.650. The van der Waals surface area contributed by atoms with Crippen LogP contribution < -0.4 is 0 Å². The second-order valence-electron chi connectivity index (χ2n) is 7.42. The number of carbonyl (C=O) groups excluding carboxylic acids is 1.